The molecule has 0 aliphatic carbocycles. The molecule has 0 saturated heterocycles. The molecule has 12 heteroatoms. The van der Waals surface area contributed by atoms with Gasteiger partial charge < -0.3 is 19.7 Å². The van der Waals surface area contributed by atoms with Gasteiger partial charge in [0.05, 0.1) is 31.0 Å². The van der Waals surface area contributed by atoms with Gasteiger partial charge in [0.2, 0.25) is 5.91 Å². The average molecular weight is 572 g/mol. The van der Waals surface area contributed by atoms with Crippen molar-refractivity contribution in [2.24, 2.45) is 0 Å². The van der Waals surface area contributed by atoms with E-state index in [1.807, 2.05) is 30.3 Å². The van der Waals surface area contributed by atoms with Crippen LogP contribution in [0.5, 0.6) is 11.5 Å². The molecule has 1 atom stereocenters. The molecule has 1 aromatic heterocycles. The first-order valence-electron chi connectivity index (χ1n) is 12.5. The molecular weight excluding hydrogens is 546 g/mol. The predicted molar refractivity (Wildman–Crippen MR) is 150 cm³/mol. The number of carbonyl (C=O) groups excluding carboxylic acids is 4. The molecule has 0 fully saturated rings. The summed E-state index contributed by atoms with van der Waals surface area (Å²) in [5.41, 5.74) is 1.76. The standard InChI is InChI=1S/C29H25N5O6S/c1-39-19-12-13-22(24(14-19)40-2)30-27(36)26(23-17-41-32-31-23)33(15-18-8-4-3-5-9-18)25(35)16-34-28(37)20-10-6-7-11-21(20)29(34)38/h3-14,17,26H,15-16H2,1-2H3,(H,30,36)/t26-/m0/s1. The maximum atomic E-state index is 14.0. The Labute approximate surface area is 239 Å². The molecule has 0 spiro atoms. The summed E-state index contributed by atoms with van der Waals surface area (Å²) >= 11 is 1.03. The molecule has 41 heavy (non-hydrogen) atoms. The van der Waals surface area contributed by atoms with Crippen LogP contribution in [-0.4, -0.2) is 63.8 Å². The van der Waals surface area contributed by atoms with E-state index in [4.69, 9.17) is 9.47 Å². The van der Waals surface area contributed by atoms with E-state index < -0.39 is 36.2 Å². The lowest BCUT2D eigenvalue weighted by atomic mass is 10.1. The molecule has 208 valence electrons. The van der Waals surface area contributed by atoms with Crippen molar-refractivity contribution in [2.45, 2.75) is 12.6 Å². The van der Waals surface area contributed by atoms with Gasteiger partial charge in [-0.2, -0.15) is 0 Å². The van der Waals surface area contributed by atoms with Crippen molar-refractivity contribution in [3.05, 3.63) is 101 Å². The smallest absolute Gasteiger partial charge is 0.262 e. The molecule has 0 radical (unpaired) electrons. The molecule has 1 aliphatic rings. The molecule has 0 saturated carbocycles. The van der Waals surface area contributed by atoms with Crippen LogP contribution in [0.25, 0.3) is 0 Å². The number of nitrogens with zero attached hydrogens (tertiary/aromatic N) is 4. The number of benzene rings is 3. The van der Waals surface area contributed by atoms with E-state index in [-0.39, 0.29) is 23.4 Å². The second-order valence-electron chi connectivity index (χ2n) is 9.04. The van der Waals surface area contributed by atoms with Crippen molar-refractivity contribution in [1.29, 1.82) is 0 Å². The summed E-state index contributed by atoms with van der Waals surface area (Å²) in [4.78, 5) is 56.1. The number of anilines is 1. The van der Waals surface area contributed by atoms with Gasteiger partial charge in [0.25, 0.3) is 17.7 Å². The number of carbonyl (C=O) groups is 4. The van der Waals surface area contributed by atoms with Crippen LogP contribution in [0, 0.1) is 0 Å². The second-order valence-corrected chi connectivity index (χ2v) is 9.65. The molecule has 3 aromatic carbocycles. The second kappa shape index (κ2) is 12.0. The molecule has 5 rings (SSSR count). The molecule has 1 aliphatic heterocycles. The number of hydrogen-bond donors (Lipinski definition) is 1. The van der Waals surface area contributed by atoms with Crippen molar-refractivity contribution in [3.63, 3.8) is 0 Å². The third-order valence-corrected chi connectivity index (χ3v) is 7.09. The molecule has 4 amide bonds. The molecule has 2 heterocycles. The van der Waals surface area contributed by atoms with E-state index in [9.17, 15) is 19.2 Å². The van der Waals surface area contributed by atoms with E-state index in [1.54, 1.807) is 47.8 Å². The molecular formula is C29H25N5O6S. The highest BCUT2D eigenvalue weighted by atomic mass is 32.1. The van der Waals surface area contributed by atoms with Gasteiger partial charge in [0.15, 0.2) is 6.04 Å². The first kappa shape index (κ1) is 27.5. The van der Waals surface area contributed by atoms with Gasteiger partial charge in [-0.1, -0.05) is 47.0 Å². The van der Waals surface area contributed by atoms with Crippen molar-refractivity contribution >= 4 is 40.8 Å². The maximum Gasteiger partial charge on any atom is 0.262 e. The first-order chi connectivity index (χ1) is 19.9. The lowest BCUT2D eigenvalue weighted by molar-refractivity contribution is -0.140. The van der Waals surface area contributed by atoms with E-state index in [1.165, 1.54) is 19.1 Å². The van der Waals surface area contributed by atoms with Crippen LogP contribution in [-0.2, 0) is 16.1 Å². The third kappa shape index (κ3) is 5.63. The minimum Gasteiger partial charge on any atom is -0.497 e. The molecule has 0 bridgehead atoms. The SMILES string of the molecule is COc1ccc(NC(=O)[C@H](c2csnn2)N(Cc2ccccc2)C(=O)CN2C(=O)c3ccccc3C2=O)c(OC)c1. The largest absolute Gasteiger partial charge is 0.497 e. The zero-order chi connectivity index (χ0) is 28.9. The van der Waals surface area contributed by atoms with E-state index in [0.29, 0.717) is 17.2 Å². The van der Waals surface area contributed by atoms with E-state index >= 15 is 0 Å². The molecule has 11 nitrogen and oxygen atoms in total. The van der Waals surface area contributed by atoms with Gasteiger partial charge >= 0.3 is 0 Å². The summed E-state index contributed by atoms with van der Waals surface area (Å²) in [7, 11) is 2.97. The third-order valence-electron chi connectivity index (χ3n) is 6.57. The minimum atomic E-state index is -1.25. The Morgan fingerprint density at radius 3 is 2.24 bits per heavy atom. The minimum absolute atomic E-state index is 0.00178. The number of imide groups is 1. The number of aromatic nitrogens is 2. The van der Waals surface area contributed by atoms with Gasteiger partial charge in [-0.15, -0.1) is 5.10 Å². The Hall–Kier alpha value is -5.10. The summed E-state index contributed by atoms with van der Waals surface area (Å²) in [5.74, 6) is -1.48. The van der Waals surface area contributed by atoms with Crippen LogP contribution in [0.2, 0.25) is 0 Å². The summed E-state index contributed by atoms with van der Waals surface area (Å²) in [6.45, 7) is -0.565. The zero-order valence-electron chi connectivity index (χ0n) is 22.1. The summed E-state index contributed by atoms with van der Waals surface area (Å²) in [6.07, 6.45) is 0. The zero-order valence-corrected chi connectivity index (χ0v) is 23.0. The highest BCUT2D eigenvalue weighted by Gasteiger charge is 2.40. The van der Waals surface area contributed by atoms with Crippen LogP contribution in [0.4, 0.5) is 5.69 Å². The predicted octanol–water partition coefficient (Wildman–Crippen LogP) is 3.56. The maximum absolute atomic E-state index is 14.0. The number of amides is 4. The van der Waals surface area contributed by atoms with Crippen LogP contribution in [0.15, 0.2) is 78.2 Å². The van der Waals surface area contributed by atoms with Gasteiger partial charge in [-0.05, 0) is 41.4 Å². The van der Waals surface area contributed by atoms with Crippen LogP contribution in [0.1, 0.15) is 38.0 Å². The fourth-order valence-corrected chi connectivity index (χ4v) is 5.01. The number of hydrogen-bond acceptors (Lipinski definition) is 9. The van der Waals surface area contributed by atoms with Crippen LogP contribution in [0.3, 0.4) is 0 Å². The lowest BCUT2D eigenvalue weighted by Crippen LogP contribution is -2.47. The van der Waals surface area contributed by atoms with Gasteiger partial charge in [-0.25, -0.2) is 0 Å². The first-order valence-corrected chi connectivity index (χ1v) is 13.3. The molecule has 0 unspecified atom stereocenters. The Balaban J connectivity index is 1.50. The van der Waals surface area contributed by atoms with Crippen molar-refractivity contribution in [3.8, 4) is 11.5 Å². The fourth-order valence-electron chi connectivity index (χ4n) is 4.54. The van der Waals surface area contributed by atoms with Crippen molar-refractivity contribution in [1.82, 2.24) is 19.4 Å². The van der Waals surface area contributed by atoms with E-state index in [2.05, 4.69) is 14.9 Å². The van der Waals surface area contributed by atoms with Crippen LogP contribution >= 0.6 is 11.5 Å². The van der Waals surface area contributed by atoms with Crippen molar-refractivity contribution in [2.75, 3.05) is 26.1 Å². The highest BCUT2D eigenvalue weighted by molar-refractivity contribution is 7.03. The summed E-state index contributed by atoms with van der Waals surface area (Å²) < 4.78 is 14.6. The highest BCUT2D eigenvalue weighted by Crippen LogP contribution is 2.32. The van der Waals surface area contributed by atoms with Gasteiger partial charge in [-0.3, -0.25) is 24.1 Å². The van der Waals surface area contributed by atoms with Crippen molar-refractivity contribution < 1.29 is 28.7 Å². The Kier molecular flexibility index (Phi) is 8.01. The number of rotatable bonds is 10. The average Bonchev–Trinajstić information content (AvgIpc) is 3.61. The number of methoxy groups -OCH3 is 2. The topological polar surface area (TPSA) is 131 Å². The Morgan fingerprint density at radius 2 is 1.63 bits per heavy atom. The summed E-state index contributed by atoms with van der Waals surface area (Å²) in [6, 6.07) is 19.1. The number of nitrogens with one attached hydrogen (secondary N) is 1. The Morgan fingerprint density at radius 1 is 0.951 bits per heavy atom. The lowest BCUT2D eigenvalue weighted by Gasteiger charge is -2.31. The van der Waals surface area contributed by atoms with Crippen LogP contribution < -0.4 is 14.8 Å². The molecule has 1 N–H and O–H groups in total. The van der Waals surface area contributed by atoms with Gasteiger partial charge in [0, 0.05) is 18.0 Å². The molecule has 4 aromatic rings. The Bertz CT molecular complexity index is 1560. The fraction of sp³-hybridized carbons (Fsp3) is 0.172. The summed E-state index contributed by atoms with van der Waals surface area (Å²) in [5, 5.41) is 8.50. The number of ether oxygens (including phenoxy) is 2. The quantitative estimate of drug-likeness (QED) is 0.286. The normalized spacial score (nSPS) is 13.0. The monoisotopic (exact) mass is 571 g/mol. The number of fused-ring (bicyclic) bond motifs is 1. The van der Waals surface area contributed by atoms with Gasteiger partial charge in [0.1, 0.15) is 23.7 Å². The van der Waals surface area contributed by atoms with E-state index in [0.717, 1.165) is 22.0 Å².